The summed E-state index contributed by atoms with van der Waals surface area (Å²) in [7, 11) is 3.20. The lowest BCUT2D eigenvalue weighted by atomic mass is 10.0. The van der Waals surface area contributed by atoms with E-state index in [1.165, 1.54) is 12.1 Å². The van der Waals surface area contributed by atoms with Crippen LogP contribution in [0.3, 0.4) is 0 Å². The van der Waals surface area contributed by atoms with E-state index >= 15 is 0 Å². The summed E-state index contributed by atoms with van der Waals surface area (Å²) in [5.41, 5.74) is 3.44. The molecule has 1 N–H and O–H groups in total. The van der Waals surface area contributed by atoms with Gasteiger partial charge in [-0.1, -0.05) is 0 Å². The smallest absolute Gasteiger partial charge is 0.138 e. The van der Waals surface area contributed by atoms with Crippen molar-refractivity contribution in [2.24, 2.45) is 0 Å². The Bertz CT molecular complexity index is 1050. The summed E-state index contributed by atoms with van der Waals surface area (Å²) in [6, 6.07) is 18.3. The molecular formula is C23H18F2N2O2. The number of halogens is 2. The molecule has 146 valence electrons. The normalized spacial score (nSPS) is 10.8. The van der Waals surface area contributed by atoms with Crippen molar-refractivity contribution in [3.05, 3.63) is 78.4 Å². The van der Waals surface area contributed by atoms with E-state index < -0.39 is 11.6 Å². The number of hydrogen-bond donors (Lipinski definition) is 1. The fourth-order valence-corrected chi connectivity index (χ4v) is 3.12. The van der Waals surface area contributed by atoms with Crippen molar-refractivity contribution < 1.29 is 18.3 Å². The largest absolute Gasteiger partial charge is 0.497 e. The molecule has 0 aliphatic carbocycles. The highest BCUT2D eigenvalue weighted by molar-refractivity contribution is 5.81. The molecule has 6 heteroatoms. The second kappa shape index (κ2) is 7.75. The number of aromatic amines is 1. The second-order valence-corrected chi connectivity index (χ2v) is 6.42. The van der Waals surface area contributed by atoms with Crippen molar-refractivity contribution in [2.45, 2.75) is 0 Å². The Balaban J connectivity index is 1.87. The van der Waals surface area contributed by atoms with Crippen molar-refractivity contribution in [1.82, 2.24) is 9.97 Å². The van der Waals surface area contributed by atoms with Gasteiger partial charge in [-0.15, -0.1) is 0 Å². The molecule has 0 fully saturated rings. The van der Waals surface area contributed by atoms with Crippen molar-refractivity contribution in [3.8, 4) is 45.4 Å². The second-order valence-electron chi connectivity index (χ2n) is 6.42. The zero-order valence-corrected chi connectivity index (χ0v) is 15.9. The highest BCUT2D eigenvalue weighted by Crippen LogP contribution is 2.34. The monoisotopic (exact) mass is 392 g/mol. The maximum atomic E-state index is 13.7. The Morgan fingerprint density at radius 3 is 1.72 bits per heavy atom. The van der Waals surface area contributed by atoms with Gasteiger partial charge in [-0.3, -0.25) is 0 Å². The fourth-order valence-electron chi connectivity index (χ4n) is 3.12. The van der Waals surface area contributed by atoms with Gasteiger partial charge in [0.15, 0.2) is 0 Å². The van der Waals surface area contributed by atoms with Gasteiger partial charge in [0.2, 0.25) is 0 Å². The summed E-state index contributed by atoms with van der Waals surface area (Å²) in [6.45, 7) is 0. The maximum absolute atomic E-state index is 13.7. The molecule has 0 radical (unpaired) electrons. The molecule has 0 saturated carbocycles. The Hall–Kier alpha value is -3.67. The summed E-state index contributed by atoms with van der Waals surface area (Å²) < 4.78 is 37.9. The number of aromatic nitrogens is 2. The van der Waals surface area contributed by atoms with Gasteiger partial charge in [-0.2, -0.15) is 0 Å². The first-order valence-electron chi connectivity index (χ1n) is 8.92. The lowest BCUT2D eigenvalue weighted by Crippen LogP contribution is -1.87. The van der Waals surface area contributed by atoms with E-state index in [1.807, 2.05) is 48.5 Å². The molecule has 4 aromatic rings. The lowest BCUT2D eigenvalue weighted by molar-refractivity contribution is 0.414. The minimum absolute atomic E-state index is 0.331. The van der Waals surface area contributed by atoms with Gasteiger partial charge < -0.3 is 14.5 Å². The number of benzene rings is 3. The van der Waals surface area contributed by atoms with E-state index in [0.717, 1.165) is 34.4 Å². The Kier molecular flexibility index (Phi) is 4.99. The van der Waals surface area contributed by atoms with Gasteiger partial charge >= 0.3 is 0 Å². The predicted octanol–water partition coefficient (Wildman–Crippen LogP) is 5.71. The van der Waals surface area contributed by atoms with Gasteiger partial charge in [-0.25, -0.2) is 13.8 Å². The van der Waals surface area contributed by atoms with Gasteiger partial charge in [0.1, 0.15) is 29.0 Å². The molecule has 0 atom stereocenters. The summed E-state index contributed by atoms with van der Waals surface area (Å²) in [4.78, 5) is 7.86. The topological polar surface area (TPSA) is 47.1 Å². The SMILES string of the molecule is COc1ccc(-c2nc(-c3cc(F)cc(F)c3)[nH]c2-c2ccc(OC)cc2)cc1. The number of rotatable bonds is 5. The first-order valence-corrected chi connectivity index (χ1v) is 8.92. The van der Waals surface area contributed by atoms with Gasteiger partial charge in [0.05, 0.1) is 25.6 Å². The predicted molar refractivity (Wildman–Crippen MR) is 108 cm³/mol. The zero-order chi connectivity index (χ0) is 20.4. The molecule has 0 amide bonds. The summed E-state index contributed by atoms with van der Waals surface area (Å²) in [6.07, 6.45) is 0. The molecule has 4 rings (SSSR count). The Morgan fingerprint density at radius 1 is 0.690 bits per heavy atom. The molecule has 0 bridgehead atoms. The number of imidazole rings is 1. The third-order valence-corrected chi connectivity index (χ3v) is 4.58. The number of H-pyrrole nitrogens is 1. The summed E-state index contributed by atoms with van der Waals surface area (Å²) >= 11 is 0. The molecule has 0 aliphatic heterocycles. The van der Waals surface area contributed by atoms with Crippen molar-refractivity contribution in [1.29, 1.82) is 0 Å². The number of nitrogens with one attached hydrogen (secondary N) is 1. The van der Waals surface area contributed by atoms with E-state index in [1.54, 1.807) is 14.2 Å². The molecule has 0 aliphatic rings. The molecule has 0 spiro atoms. The first-order chi connectivity index (χ1) is 14.1. The van der Waals surface area contributed by atoms with Gasteiger partial charge in [0.25, 0.3) is 0 Å². The highest BCUT2D eigenvalue weighted by atomic mass is 19.1. The van der Waals surface area contributed by atoms with Crippen LogP contribution in [-0.2, 0) is 0 Å². The van der Waals surface area contributed by atoms with Crippen molar-refractivity contribution in [3.63, 3.8) is 0 Å². The molecule has 0 saturated heterocycles. The van der Waals surface area contributed by atoms with E-state index in [0.29, 0.717) is 17.1 Å². The summed E-state index contributed by atoms with van der Waals surface area (Å²) in [5.74, 6) is 0.510. The summed E-state index contributed by atoms with van der Waals surface area (Å²) in [5, 5.41) is 0. The van der Waals surface area contributed by atoms with Crippen LogP contribution >= 0.6 is 0 Å². The van der Waals surface area contributed by atoms with Crippen LogP contribution in [0.5, 0.6) is 11.5 Å². The third-order valence-electron chi connectivity index (χ3n) is 4.58. The van der Waals surface area contributed by atoms with Crippen LogP contribution in [0, 0.1) is 11.6 Å². The molecule has 4 nitrogen and oxygen atoms in total. The zero-order valence-electron chi connectivity index (χ0n) is 15.9. The standard InChI is InChI=1S/C23H18F2N2O2/c1-28-19-7-3-14(4-8-19)21-22(15-5-9-20(29-2)10-6-15)27-23(26-21)16-11-17(24)13-18(25)12-16/h3-13H,1-2H3,(H,26,27). The number of ether oxygens (including phenoxy) is 2. The third kappa shape index (κ3) is 3.82. The van der Waals surface area contributed by atoms with Crippen molar-refractivity contribution in [2.75, 3.05) is 14.2 Å². The quantitative estimate of drug-likeness (QED) is 0.473. The van der Waals surface area contributed by atoms with Crippen LogP contribution in [0.25, 0.3) is 33.9 Å². The fraction of sp³-hybridized carbons (Fsp3) is 0.0870. The van der Waals surface area contributed by atoms with Crippen LogP contribution < -0.4 is 9.47 Å². The van der Waals surface area contributed by atoms with Gasteiger partial charge in [0, 0.05) is 22.8 Å². The van der Waals surface area contributed by atoms with Crippen LogP contribution in [-0.4, -0.2) is 24.2 Å². The Labute approximate surface area is 166 Å². The van der Waals surface area contributed by atoms with Gasteiger partial charge in [-0.05, 0) is 60.7 Å². The average molecular weight is 392 g/mol. The molecule has 3 aromatic carbocycles. The van der Waals surface area contributed by atoms with E-state index in [2.05, 4.69) is 9.97 Å². The maximum Gasteiger partial charge on any atom is 0.138 e. The molecule has 1 heterocycles. The minimum atomic E-state index is -0.659. The number of nitrogens with zero attached hydrogens (tertiary/aromatic N) is 1. The van der Waals surface area contributed by atoms with E-state index in [4.69, 9.17) is 9.47 Å². The molecule has 0 unspecified atom stereocenters. The molecular weight excluding hydrogens is 374 g/mol. The van der Waals surface area contributed by atoms with Crippen LogP contribution in [0.2, 0.25) is 0 Å². The molecule has 1 aromatic heterocycles. The minimum Gasteiger partial charge on any atom is -0.497 e. The average Bonchev–Trinajstić information content (AvgIpc) is 3.19. The highest BCUT2D eigenvalue weighted by Gasteiger charge is 2.16. The number of hydrogen-bond acceptors (Lipinski definition) is 3. The first kappa shape index (κ1) is 18.7. The molecule has 29 heavy (non-hydrogen) atoms. The van der Waals surface area contributed by atoms with E-state index in [9.17, 15) is 8.78 Å². The Morgan fingerprint density at radius 2 is 1.21 bits per heavy atom. The van der Waals surface area contributed by atoms with Crippen molar-refractivity contribution >= 4 is 0 Å². The van der Waals surface area contributed by atoms with Crippen LogP contribution in [0.1, 0.15) is 0 Å². The van der Waals surface area contributed by atoms with Crippen LogP contribution in [0.15, 0.2) is 66.7 Å². The van der Waals surface area contributed by atoms with E-state index in [-0.39, 0.29) is 0 Å². The lowest BCUT2D eigenvalue weighted by Gasteiger charge is -2.06. The number of methoxy groups -OCH3 is 2. The van der Waals surface area contributed by atoms with Crippen LogP contribution in [0.4, 0.5) is 8.78 Å².